The van der Waals surface area contributed by atoms with Crippen molar-refractivity contribution in [1.29, 1.82) is 0 Å². The Morgan fingerprint density at radius 3 is 1.21 bits per heavy atom. The summed E-state index contributed by atoms with van der Waals surface area (Å²) in [6.45, 7) is 16.5. The summed E-state index contributed by atoms with van der Waals surface area (Å²) in [6.07, 6.45) is 2.13. The van der Waals surface area contributed by atoms with Crippen molar-refractivity contribution in [3.05, 3.63) is 179 Å². The van der Waals surface area contributed by atoms with Crippen LogP contribution in [0.15, 0.2) is 152 Å². The number of hydrogen-bond acceptors (Lipinski definition) is 0. The molecule has 10 rings (SSSR count). The highest BCUT2D eigenvalue weighted by atomic mass is 14.4. The van der Waals surface area contributed by atoms with Crippen molar-refractivity contribution in [3.8, 4) is 55.6 Å². The van der Waals surface area contributed by atoms with Crippen LogP contribution in [-0.2, 0) is 16.2 Å². The first-order valence-corrected chi connectivity index (χ1v) is 20.6. The summed E-state index contributed by atoms with van der Waals surface area (Å²) in [6, 6.07) is 58.2. The number of benzene rings is 8. The zero-order valence-electron chi connectivity index (χ0n) is 33.8. The summed E-state index contributed by atoms with van der Waals surface area (Å²) in [5, 5.41) is 5.09. The van der Waals surface area contributed by atoms with Gasteiger partial charge in [-0.05, 0) is 160 Å². The minimum atomic E-state index is -0.0514. The summed E-state index contributed by atoms with van der Waals surface area (Å²) < 4.78 is 0. The van der Waals surface area contributed by atoms with E-state index in [1.807, 2.05) is 0 Å². The lowest BCUT2D eigenvalue weighted by atomic mass is 9.73. The predicted octanol–water partition coefficient (Wildman–Crippen LogP) is 15.7. The maximum absolute atomic E-state index is 2.53. The normalized spacial score (nSPS) is 14.8. The first-order chi connectivity index (χ1) is 27.0. The lowest BCUT2D eigenvalue weighted by Gasteiger charge is -2.30. The number of rotatable bonds is 5. The molecule has 0 aliphatic heterocycles. The van der Waals surface area contributed by atoms with Gasteiger partial charge in [0, 0.05) is 10.8 Å². The standard InChI is InChI=1S/C56H50/c1-8-56(9-2)52-32-43(41-19-18-39-29-38(16-17-40(39)30-41)37-15-14-35-12-10-11-13-36(35)28-37)21-25-48(52)49-26-22-44(33-53(49)56)42-20-24-46-47-27-23-45(54(3,4)5)34-51(47)55(6,7)50(46)31-42/h10-34H,8-9H2,1-7H3. The van der Waals surface area contributed by atoms with Gasteiger partial charge in [0.15, 0.2) is 0 Å². The molecular weight excluding hydrogens is 673 g/mol. The molecule has 0 saturated heterocycles. The van der Waals surface area contributed by atoms with Crippen LogP contribution in [0.2, 0.25) is 0 Å². The van der Waals surface area contributed by atoms with Crippen LogP contribution in [0.3, 0.4) is 0 Å². The van der Waals surface area contributed by atoms with Gasteiger partial charge in [-0.3, -0.25) is 0 Å². The smallest absolute Gasteiger partial charge is 0.0210 e. The van der Waals surface area contributed by atoms with Gasteiger partial charge >= 0.3 is 0 Å². The van der Waals surface area contributed by atoms with Gasteiger partial charge in [0.05, 0.1) is 0 Å². The molecule has 8 aromatic rings. The van der Waals surface area contributed by atoms with Crippen LogP contribution >= 0.6 is 0 Å². The zero-order valence-corrected chi connectivity index (χ0v) is 33.8. The van der Waals surface area contributed by atoms with E-state index in [1.165, 1.54) is 105 Å². The topological polar surface area (TPSA) is 0 Å². The fourth-order valence-corrected chi connectivity index (χ4v) is 10.2. The molecule has 0 aromatic heterocycles. The van der Waals surface area contributed by atoms with Gasteiger partial charge in [0.25, 0.3) is 0 Å². The van der Waals surface area contributed by atoms with E-state index in [0.29, 0.717) is 0 Å². The van der Waals surface area contributed by atoms with Gasteiger partial charge in [-0.1, -0.05) is 164 Å². The fourth-order valence-electron chi connectivity index (χ4n) is 10.2. The van der Waals surface area contributed by atoms with Crippen molar-refractivity contribution >= 4 is 21.5 Å². The third kappa shape index (κ3) is 5.18. The van der Waals surface area contributed by atoms with Gasteiger partial charge < -0.3 is 0 Å². The van der Waals surface area contributed by atoms with Crippen molar-refractivity contribution in [2.24, 2.45) is 0 Å². The summed E-state index contributed by atoms with van der Waals surface area (Å²) in [5.74, 6) is 0. The van der Waals surface area contributed by atoms with E-state index in [0.717, 1.165) is 12.8 Å². The van der Waals surface area contributed by atoms with Crippen LogP contribution in [0, 0.1) is 0 Å². The van der Waals surface area contributed by atoms with E-state index < -0.39 is 0 Å². The van der Waals surface area contributed by atoms with E-state index in [-0.39, 0.29) is 16.2 Å². The van der Waals surface area contributed by atoms with Gasteiger partial charge in [-0.15, -0.1) is 0 Å². The molecule has 0 N–H and O–H groups in total. The second-order valence-corrected chi connectivity index (χ2v) is 18.0. The highest BCUT2D eigenvalue weighted by Gasteiger charge is 2.41. The van der Waals surface area contributed by atoms with Gasteiger partial charge in [-0.2, -0.15) is 0 Å². The van der Waals surface area contributed by atoms with Crippen LogP contribution < -0.4 is 0 Å². The Morgan fingerprint density at radius 1 is 0.375 bits per heavy atom. The van der Waals surface area contributed by atoms with Crippen molar-refractivity contribution in [2.75, 3.05) is 0 Å². The van der Waals surface area contributed by atoms with Crippen LogP contribution in [0.5, 0.6) is 0 Å². The number of fused-ring (bicyclic) bond motifs is 8. The molecule has 2 aliphatic carbocycles. The molecule has 0 heterocycles. The molecule has 274 valence electrons. The SMILES string of the molecule is CCC1(CC)c2cc(-c3ccc4c(c3)C(C)(C)c3cc(C(C)(C)C)ccc3-4)ccc2-c2ccc(-c3ccc4cc(-c5ccc6ccccc6c5)ccc4c3)cc21. The summed E-state index contributed by atoms with van der Waals surface area (Å²) in [5.41, 5.74) is 20.5. The monoisotopic (exact) mass is 722 g/mol. The van der Waals surface area contributed by atoms with Gasteiger partial charge in [0.1, 0.15) is 0 Å². The average molecular weight is 723 g/mol. The molecule has 0 saturated carbocycles. The Balaban J connectivity index is 0.991. The van der Waals surface area contributed by atoms with E-state index >= 15 is 0 Å². The van der Waals surface area contributed by atoms with Crippen LogP contribution in [-0.4, -0.2) is 0 Å². The Morgan fingerprint density at radius 2 is 0.732 bits per heavy atom. The van der Waals surface area contributed by atoms with Crippen LogP contribution in [0.4, 0.5) is 0 Å². The second-order valence-electron chi connectivity index (χ2n) is 18.0. The minimum absolute atomic E-state index is 0.0299. The Kier molecular flexibility index (Phi) is 7.69. The Bertz CT molecular complexity index is 2890. The maximum atomic E-state index is 2.53. The first-order valence-electron chi connectivity index (χ1n) is 20.6. The molecule has 8 aromatic carbocycles. The molecule has 0 atom stereocenters. The van der Waals surface area contributed by atoms with Crippen LogP contribution in [0.25, 0.3) is 77.2 Å². The van der Waals surface area contributed by atoms with E-state index in [1.54, 1.807) is 0 Å². The molecule has 0 nitrogen and oxygen atoms in total. The van der Waals surface area contributed by atoms with E-state index in [2.05, 4.69) is 200 Å². The Labute approximate surface area is 332 Å². The van der Waals surface area contributed by atoms with Crippen LogP contribution in [0.1, 0.15) is 89.1 Å². The second kappa shape index (κ2) is 12.4. The molecule has 0 heteroatoms. The summed E-state index contributed by atoms with van der Waals surface area (Å²) in [4.78, 5) is 0. The minimum Gasteiger partial charge on any atom is -0.0642 e. The Hall–Kier alpha value is -5.72. The first kappa shape index (κ1) is 34.7. The van der Waals surface area contributed by atoms with Gasteiger partial charge in [-0.25, -0.2) is 0 Å². The number of hydrogen-bond donors (Lipinski definition) is 0. The quantitative estimate of drug-likeness (QED) is 0.166. The average Bonchev–Trinajstić information content (AvgIpc) is 3.63. The molecule has 56 heavy (non-hydrogen) atoms. The third-order valence-corrected chi connectivity index (χ3v) is 13.7. The molecule has 2 aliphatic rings. The van der Waals surface area contributed by atoms with E-state index in [9.17, 15) is 0 Å². The molecule has 0 radical (unpaired) electrons. The highest BCUT2D eigenvalue weighted by molar-refractivity contribution is 5.94. The van der Waals surface area contributed by atoms with Crippen molar-refractivity contribution in [1.82, 2.24) is 0 Å². The van der Waals surface area contributed by atoms with E-state index in [4.69, 9.17) is 0 Å². The lowest BCUT2D eigenvalue weighted by molar-refractivity contribution is 0.491. The largest absolute Gasteiger partial charge is 0.0642 e. The van der Waals surface area contributed by atoms with Crippen molar-refractivity contribution in [3.63, 3.8) is 0 Å². The van der Waals surface area contributed by atoms with Crippen molar-refractivity contribution in [2.45, 2.75) is 77.6 Å². The molecule has 0 fully saturated rings. The zero-order chi connectivity index (χ0) is 38.6. The molecule has 0 spiro atoms. The fraction of sp³-hybridized carbons (Fsp3) is 0.214. The maximum Gasteiger partial charge on any atom is 0.0210 e. The predicted molar refractivity (Wildman–Crippen MR) is 241 cm³/mol. The van der Waals surface area contributed by atoms with Crippen molar-refractivity contribution < 1.29 is 0 Å². The third-order valence-electron chi connectivity index (χ3n) is 13.7. The molecule has 0 amide bonds. The van der Waals surface area contributed by atoms with Gasteiger partial charge in [0.2, 0.25) is 0 Å². The molecular formula is C56H50. The lowest BCUT2D eigenvalue weighted by Crippen LogP contribution is -2.23. The summed E-state index contributed by atoms with van der Waals surface area (Å²) in [7, 11) is 0. The molecule has 0 unspecified atom stereocenters. The highest BCUT2D eigenvalue weighted by Crippen LogP contribution is 2.55. The molecule has 0 bridgehead atoms. The summed E-state index contributed by atoms with van der Waals surface area (Å²) >= 11 is 0.